The molecule has 0 fully saturated rings. The summed E-state index contributed by atoms with van der Waals surface area (Å²) in [6, 6.07) is 65.5. The second kappa shape index (κ2) is 18.6. The van der Waals surface area contributed by atoms with Crippen molar-refractivity contribution in [2.45, 2.75) is 77.8 Å². The monoisotopic (exact) mass is 1080 g/mol. The average molecular weight is 1080 g/mol. The molecule has 0 saturated heterocycles. The van der Waals surface area contributed by atoms with Crippen molar-refractivity contribution in [3.63, 3.8) is 0 Å². The first kappa shape index (κ1) is 46.2. The molecule has 0 amide bonds. The summed E-state index contributed by atoms with van der Waals surface area (Å²) >= 11 is 0. The Balaban J connectivity index is 0.000000375. The molecule has 0 spiro atoms. The van der Waals surface area contributed by atoms with Gasteiger partial charge in [0.15, 0.2) is 0 Å². The predicted molar refractivity (Wildman–Crippen MR) is 284 cm³/mol. The first-order valence-corrected chi connectivity index (χ1v) is 29.9. The normalized spacial score (nSPS) is 13.9. The molecule has 337 valence electrons. The predicted octanol–water partition coefficient (Wildman–Crippen LogP) is 15.4. The third-order valence-electron chi connectivity index (χ3n) is 13.8. The number of aromatic nitrogens is 3. The molecule has 1 aliphatic heterocycles. The fourth-order valence-electron chi connectivity index (χ4n) is 9.97. The molecule has 4 heterocycles. The van der Waals surface area contributed by atoms with Gasteiger partial charge in [0.2, 0.25) is 0 Å². The van der Waals surface area contributed by atoms with Crippen molar-refractivity contribution in [3.05, 3.63) is 187 Å². The molecule has 11 rings (SSSR count). The van der Waals surface area contributed by atoms with Gasteiger partial charge < -0.3 is 14.0 Å². The van der Waals surface area contributed by atoms with Crippen molar-refractivity contribution < 1.29 is 24.5 Å². The molecule has 4 nitrogen and oxygen atoms in total. The fraction of sp³-hybridized carbons (Fsp3) is 0.200. The van der Waals surface area contributed by atoms with Crippen molar-refractivity contribution in [2.75, 3.05) is 0 Å². The zero-order chi connectivity index (χ0) is 45.7. The van der Waals surface area contributed by atoms with Gasteiger partial charge in [-0.15, -0.1) is 54.1 Å². The van der Waals surface area contributed by atoms with Crippen LogP contribution >= 0.6 is 0 Å². The van der Waals surface area contributed by atoms with Crippen LogP contribution in [0.15, 0.2) is 168 Å². The first-order chi connectivity index (χ1) is 31.9. The van der Waals surface area contributed by atoms with E-state index in [0.717, 1.165) is 61.2 Å². The molecule has 0 unspecified atom stereocenters. The van der Waals surface area contributed by atoms with E-state index in [-0.39, 0.29) is 31.9 Å². The summed E-state index contributed by atoms with van der Waals surface area (Å²) in [5.41, 5.74) is 15.5. The van der Waals surface area contributed by atoms with Crippen LogP contribution in [0.1, 0.15) is 50.7 Å². The van der Waals surface area contributed by atoms with Crippen LogP contribution in [0.4, 0.5) is 0 Å². The summed E-state index contributed by atoms with van der Waals surface area (Å²) in [6.45, 7) is 19.6. The second-order valence-corrected chi connectivity index (χ2v) is 29.5. The molecule has 0 saturated carbocycles. The van der Waals surface area contributed by atoms with Crippen molar-refractivity contribution >= 4 is 59.5 Å². The molecule has 67 heavy (non-hydrogen) atoms. The van der Waals surface area contributed by atoms with Gasteiger partial charge in [0, 0.05) is 37.4 Å². The van der Waals surface area contributed by atoms with Crippen molar-refractivity contribution in [2.24, 2.45) is 0 Å². The minimum atomic E-state index is -1.51. The Morgan fingerprint density at radius 2 is 1.25 bits per heavy atom. The molecule has 3 aromatic heterocycles. The molecule has 0 bridgehead atoms. The third kappa shape index (κ3) is 8.75. The van der Waals surface area contributed by atoms with Gasteiger partial charge in [-0.1, -0.05) is 172 Å². The maximum absolute atomic E-state index is 6.82. The summed E-state index contributed by atoms with van der Waals surface area (Å²) in [5, 5.41) is 5.56. The molecular weight excluding hydrogens is 1030 g/mol. The summed E-state index contributed by atoms with van der Waals surface area (Å²) < 4.78 is 9.23. The number of hydrogen-bond donors (Lipinski definition) is 0. The van der Waals surface area contributed by atoms with Crippen LogP contribution in [0.25, 0.3) is 83.6 Å². The zero-order valence-corrected chi connectivity index (χ0v) is 44.1. The Bertz CT molecular complexity index is 3310. The Hall–Kier alpha value is -5.96. The van der Waals surface area contributed by atoms with Gasteiger partial charge in [0.1, 0.15) is 5.58 Å². The average Bonchev–Trinajstić information content (AvgIpc) is 3.92. The third-order valence-corrected chi connectivity index (χ3v) is 21.3. The molecule has 1 radical (unpaired) electrons. The Morgan fingerprint density at radius 1 is 0.582 bits per heavy atom. The molecular formula is C60H57IrN3OSi2-2. The topological polar surface area (TPSA) is 43.9 Å². The van der Waals surface area contributed by atoms with Gasteiger partial charge in [0.25, 0.3) is 0 Å². The van der Waals surface area contributed by atoms with E-state index in [1.807, 2.05) is 48.5 Å². The SMILES string of the molecule is CC(C)c1cc(-c2ccc3c(c2)[Si](C)(C)CC[Si]3(C)C)cc(C(C)C)c1-n1c(-c2[c-]ccc3c2oc2cc(-c4ccccc4)ccc23)nc2ccccc21.[Ir].[c-]1ccccc1-c1ccccn1. The van der Waals surface area contributed by atoms with Gasteiger partial charge in [-0.25, -0.2) is 0 Å². The number of nitrogens with zero attached hydrogens (tertiary/aromatic N) is 3. The minimum Gasteiger partial charge on any atom is -0.501 e. The van der Waals surface area contributed by atoms with Gasteiger partial charge in [-0.2, -0.15) is 0 Å². The maximum atomic E-state index is 6.82. The summed E-state index contributed by atoms with van der Waals surface area (Å²) in [4.78, 5) is 9.60. The van der Waals surface area contributed by atoms with E-state index < -0.39 is 16.1 Å². The van der Waals surface area contributed by atoms with E-state index in [4.69, 9.17) is 9.40 Å². The van der Waals surface area contributed by atoms with Crippen LogP contribution in [0.3, 0.4) is 0 Å². The minimum absolute atomic E-state index is 0. The summed E-state index contributed by atoms with van der Waals surface area (Å²) in [5.74, 6) is 1.42. The van der Waals surface area contributed by atoms with Crippen LogP contribution in [-0.2, 0) is 20.1 Å². The smallest absolute Gasteiger partial charge is 0.121 e. The number of furan rings is 1. The number of pyridine rings is 1. The van der Waals surface area contributed by atoms with Crippen LogP contribution in [0.2, 0.25) is 38.3 Å². The van der Waals surface area contributed by atoms with E-state index in [0.29, 0.717) is 0 Å². The van der Waals surface area contributed by atoms with Crippen molar-refractivity contribution in [1.29, 1.82) is 0 Å². The fourth-order valence-corrected chi connectivity index (χ4v) is 20.2. The molecule has 0 N–H and O–H groups in total. The van der Waals surface area contributed by atoms with Gasteiger partial charge >= 0.3 is 0 Å². The number of benzene rings is 7. The Labute approximate surface area is 411 Å². The quantitative estimate of drug-likeness (QED) is 0.118. The van der Waals surface area contributed by atoms with E-state index in [1.54, 1.807) is 16.6 Å². The van der Waals surface area contributed by atoms with Gasteiger partial charge in [-0.3, -0.25) is 4.98 Å². The standard InChI is InChI=1S/C49H49N2OSi2.C11H8N.Ir/c1-31(2)40-27-36(35-22-24-45-46(30-35)54(7,8)26-25-53(45,5)6)28-41(32(3)4)47(40)51-43-20-13-12-19-42(43)50-49(51)39-18-14-17-38-37-23-21-34(29-44(37)52-48(38)39)33-15-10-9-11-16-33;1-2-6-10(7-3-1)11-8-4-5-9-12-11;/h9-17,19-24,27-32H,25-26H2,1-8H3;1-6,8-9H;/q2*-1;. The number of rotatable bonds is 7. The first-order valence-electron chi connectivity index (χ1n) is 23.5. The van der Waals surface area contributed by atoms with Crippen LogP contribution in [0, 0.1) is 12.1 Å². The molecule has 0 aliphatic carbocycles. The molecule has 0 atom stereocenters. The number of para-hydroxylation sites is 2. The van der Waals surface area contributed by atoms with Crippen molar-refractivity contribution in [3.8, 4) is 50.6 Å². The maximum Gasteiger partial charge on any atom is 0.121 e. The van der Waals surface area contributed by atoms with Gasteiger partial charge in [0.05, 0.1) is 38.6 Å². The van der Waals surface area contributed by atoms with Crippen LogP contribution < -0.4 is 10.4 Å². The van der Waals surface area contributed by atoms with Crippen molar-refractivity contribution in [1.82, 2.24) is 14.5 Å². The van der Waals surface area contributed by atoms with E-state index >= 15 is 0 Å². The number of fused-ring (bicyclic) bond motifs is 5. The van der Waals surface area contributed by atoms with E-state index in [1.165, 1.54) is 45.6 Å². The van der Waals surface area contributed by atoms with E-state index in [2.05, 4.69) is 185 Å². The second-order valence-electron chi connectivity index (χ2n) is 19.9. The number of hydrogen-bond acceptors (Lipinski definition) is 3. The molecule has 10 aromatic rings. The Kier molecular flexibility index (Phi) is 12.8. The van der Waals surface area contributed by atoms with Crippen LogP contribution in [-0.4, -0.2) is 30.7 Å². The molecule has 1 aliphatic rings. The van der Waals surface area contributed by atoms with E-state index in [9.17, 15) is 0 Å². The summed E-state index contributed by atoms with van der Waals surface area (Å²) in [6.07, 6.45) is 1.79. The number of imidazole rings is 1. The largest absolute Gasteiger partial charge is 0.501 e. The molecule has 7 heteroatoms. The zero-order valence-electron chi connectivity index (χ0n) is 39.7. The molecule has 7 aromatic carbocycles. The van der Waals surface area contributed by atoms with Gasteiger partial charge in [-0.05, 0) is 87.3 Å². The van der Waals surface area contributed by atoms with Crippen LogP contribution in [0.5, 0.6) is 0 Å². The summed E-state index contributed by atoms with van der Waals surface area (Å²) in [7, 11) is -2.94. The Morgan fingerprint density at radius 3 is 1.96 bits per heavy atom.